The summed E-state index contributed by atoms with van der Waals surface area (Å²) >= 11 is 5.73. The van der Waals surface area contributed by atoms with Crippen molar-refractivity contribution in [1.29, 1.82) is 0 Å². The summed E-state index contributed by atoms with van der Waals surface area (Å²) in [4.78, 5) is 3.34. The molecular weight excluding hydrogens is 208 g/mol. The minimum atomic E-state index is 0.0265. The van der Waals surface area contributed by atoms with Gasteiger partial charge in [-0.05, 0) is 25.0 Å². The van der Waals surface area contributed by atoms with Crippen molar-refractivity contribution >= 4 is 22.5 Å². The summed E-state index contributed by atoms with van der Waals surface area (Å²) in [6, 6.07) is 8.25. The first-order valence-corrected chi connectivity index (χ1v) is 5.66. The molecule has 0 amide bonds. The summed E-state index contributed by atoms with van der Waals surface area (Å²) in [6.07, 6.45) is 0.810. The van der Waals surface area contributed by atoms with E-state index in [1.54, 1.807) is 0 Å². The van der Waals surface area contributed by atoms with Crippen molar-refractivity contribution in [2.45, 2.75) is 19.4 Å². The van der Waals surface area contributed by atoms with Gasteiger partial charge in [-0.3, -0.25) is 0 Å². The van der Waals surface area contributed by atoms with Gasteiger partial charge in [-0.2, -0.15) is 0 Å². The summed E-state index contributed by atoms with van der Waals surface area (Å²) in [5, 5.41) is 1.22. The molecule has 0 aliphatic heterocycles. The fraction of sp³-hybridized carbons (Fsp3) is 0.333. The molecule has 0 radical (unpaired) electrons. The van der Waals surface area contributed by atoms with E-state index in [2.05, 4.69) is 24.0 Å². The van der Waals surface area contributed by atoms with Crippen molar-refractivity contribution < 1.29 is 0 Å². The number of nitrogens with two attached hydrogens (primary N) is 1. The lowest BCUT2D eigenvalue weighted by molar-refractivity contribution is 0.703. The molecule has 0 saturated carbocycles. The van der Waals surface area contributed by atoms with Crippen molar-refractivity contribution in [1.82, 2.24) is 4.98 Å². The molecule has 0 aliphatic carbocycles. The van der Waals surface area contributed by atoms with Crippen LogP contribution in [-0.2, 0) is 0 Å². The Kier molecular flexibility index (Phi) is 2.98. The van der Waals surface area contributed by atoms with Gasteiger partial charge in [0.1, 0.15) is 0 Å². The Labute approximate surface area is 94.4 Å². The van der Waals surface area contributed by atoms with Gasteiger partial charge in [-0.1, -0.05) is 18.2 Å². The van der Waals surface area contributed by atoms with Crippen molar-refractivity contribution in [2.24, 2.45) is 5.73 Å². The van der Waals surface area contributed by atoms with Crippen LogP contribution < -0.4 is 5.73 Å². The van der Waals surface area contributed by atoms with Gasteiger partial charge in [0.25, 0.3) is 0 Å². The molecule has 0 bridgehead atoms. The Balaban J connectivity index is 2.53. The molecule has 0 spiro atoms. The van der Waals surface area contributed by atoms with Gasteiger partial charge >= 0.3 is 0 Å². The maximum Gasteiger partial charge on any atom is 0.0459 e. The van der Waals surface area contributed by atoms with Crippen molar-refractivity contribution in [2.75, 3.05) is 5.88 Å². The number of alkyl halides is 1. The zero-order valence-corrected chi connectivity index (χ0v) is 9.51. The van der Waals surface area contributed by atoms with E-state index in [0.717, 1.165) is 17.6 Å². The molecular formula is C12H15ClN2. The van der Waals surface area contributed by atoms with Crippen molar-refractivity contribution in [3.8, 4) is 0 Å². The molecule has 2 nitrogen and oxygen atoms in total. The number of H-pyrrole nitrogens is 1. The third-order valence-corrected chi connectivity index (χ3v) is 2.95. The normalized spacial score (nSPS) is 13.3. The second-order valence-corrected chi connectivity index (χ2v) is 4.17. The fourth-order valence-electron chi connectivity index (χ4n) is 2.04. The second kappa shape index (κ2) is 4.25. The first-order chi connectivity index (χ1) is 7.24. The highest BCUT2D eigenvalue weighted by atomic mass is 35.5. The number of nitrogens with one attached hydrogen (secondary N) is 1. The van der Waals surface area contributed by atoms with Gasteiger partial charge in [0, 0.05) is 28.5 Å². The minimum Gasteiger partial charge on any atom is -0.358 e. The number of aryl methyl sites for hydroxylation is 1. The fourth-order valence-corrected chi connectivity index (χ4v) is 2.27. The standard InChI is InChI=1S/C12H15ClN2/c1-8-12(10(14)6-7-13)9-4-2-3-5-11(9)15-8/h2-5,10,15H,6-7,14H2,1H3. The van der Waals surface area contributed by atoms with Crippen LogP contribution in [0.25, 0.3) is 10.9 Å². The average molecular weight is 223 g/mol. The number of aromatic nitrogens is 1. The molecule has 2 aromatic rings. The molecule has 0 aliphatic rings. The first-order valence-electron chi connectivity index (χ1n) is 5.12. The van der Waals surface area contributed by atoms with E-state index in [1.165, 1.54) is 10.9 Å². The number of benzene rings is 1. The van der Waals surface area contributed by atoms with Gasteiger partial charge < -0.3 is 10.7 Å². The van der Waals surface area contributed by atoms with E-state index < -0.39 is 0 Å². The number of hydrogen-bond acceptors (Lipinski definition) is 1. The second-order valence-electron chi connectivity index (χ2n) is 3.79. The van der Waals surface area contributed by atoms with Crippen LogP contribution >= 0.6 is 11.6 Å². The molecule has 3 heteroatoms. The Hall–Kier alpha value is -0.990. The highest BCUT2D eigenvalue weighted by Crippen LogP contribution is 2.28. The van der Waals surface area contributed by atoms with Crippen LogP contribution in [0.3, 0.4) is 0 Å². The lowest BCUT2D eigenvalue weighted by Crippen LogP contribution is -2.11. The van der Waals surface area contributed by atoms with Crippen LogP contribution in [0.4, 0.5) is 0 Å². The molecule has 15 heavy (non-hydrogen) atoms. The molecule has 0 fully saturated rings. The largest absolute Gasteiger partial charge is 0.358 e. The minimum absolute atomic E-state index is 0.0265. The summed E-state index contributed by atoms with van der Waals surface area (Å²) in [7, 11) is 0. The van der Waals surface area contributed by atoms with Crippen LogP contribution in [-0.4, -0.2) is 10.9 Å². The molecule has 3 N–H and O–H groups in total. The number of hydrogen-bond donors (Lipinski definition) is 2. The quantitative estimate of drug-likeness (QED) is 0.770. The highest BCUT2D eigenvalue weighted by molar-refractivity contribution is 6.17. The Morgan fingerprint density at radius 2 is 2.13 bits per heavy atom. The Morgan fingerprint density at radius 3 is 2.87 bits per heavy atom. The number of para-hydroxylation sites is 1. The van der Waals surface area contributed by atoms with E-state index in [9.17, 15) is 0 Å². The smallest absolute Gasteiger partial charge is 0.0459 e. The van der Waals surface area contributed by atoms with Gasteiger partial charge in [0.05, 0.1) is 0 Å². The van der Waals surface area contributed by atoms with Crippen LogP contribution in [0, 0.1) is 6.92 Å². The van der Waals surface area contributed by atoms with Gasteiger partial charge in [0.2, 0.25) is 0 Å². The first kappa shape index (κ1) is 10.5. The third kappa shape index (κ3) is 1.87. The van der Waals surface area contributed by atoms with E-state index in [4.69, 9.17) is 17.3 Å². The number of halogens is 1. The van der Waals surface area contributed by atoms with Gasteiger partial charge in [-0.25, -0.2) is 0 Å². The van der Waals surface area contributed by atoms with Gasteiger partial charge in [-0.15, -0.1) is 11.6 Å². The maximum atomic E-state index is 6.11. The highest BCUT2D eigenvalue weighted by Gasteiger charge is 2.14. The Morgan fingerprint density at radius 1 is 1.40 bits per heavy atom. The SMILES string of the molecule is Cc1[nH]c2ccccc2c1C(N)CCCl. The number of fused-ring (bicyclic) bond motifs is 1. The summed E-state index contributed by atoms with van der Waals surface area (Å²) < 4.78 is 0. The topological polar surface area (TPSA) is 41.8 Å². The van der Waals surface area contributed by atoms with Crippen LogP contribution in [0.5, 0.6) is 0 Å². The molecule has 2 rings (SSSR count). The zero-order chi connectivity index (χ0) is 10.8. The van der Waals surface area contributed by atoms with Crippen LogP contribution in [0.15, 0.2) is 24.3 Å². The predicted molar refractivity (Wildman–Crippen MR) is 65.3 cm³/mol. The zero-order valence-electron chi connectivity index (χ0n) is 8.76. The average Bonchev–Trinajstić information content (AvgIpc) is 2.54. The third-order valence-electron chi connectivity index (χ3n) is 2.73. The molecule has 1 heterocycles. The monoisotopic (exact) mass is 222 g/mol. The lowest BCUT2D eigenvalue weighted by Gasteiger charge is -2.10. The molecule has 1 aromatic carbocycles. The lowest BCUT2D eigenvalue weighted by atomic mass is 10.0. The van der Waals surface area contributed by atoms with E-state index >= 15 is 0 Å². The number of aromatic amines is 1. The Bertz CT molecular complexity index is 462. The van der Waals surface area contributed by atoms with Crippen molar-refractivity contribution in [3.05, 3.63) is 35.5 Å². The van der Waals surface area contributed by atoms with E-state index in [1.807, 2.05) is 12.1 Å². The van der Waals surface area contributed by atoms with Crippen molar-refractivity contribution in [3.63, 3.8) is 0 Å². The van der Waals surface area contributed by atoms with E-state index in [-0.39, 0.29) is 6.04 Å². The molecule has 1 atom stereocenters. The number of rotatable bonds is 3. The molecule has 1 unspecified atom stereocenters. The van der Waals surface area contributed by atoms with Crippen LogP contribution in [0.1, 0.15) is 23.7 Å². The predicted octanol–water partition coefficient (Wildman–Crippen LogP) is 3.11. The summed E-state index contributed by atoms with van der Waals surface area (Å²) in [6.45, 7) is 2.06. The van der Waals surface area contributed by atoms with Gasteiger partial charge in [0.15, 0.2) is 0 Å². The summed E-state index contributed by atoms with van der Waals surface area (Å²) in [5.41, 5.74) is 9.61. The van der Waals surface area contributed by atoms with E-state index in [0.29, 0.717) is 5.88 Å². The molecule has 0 saturated heterocycles. The summed E-state index contributed by atoms with van der Waals surface area (Å²) in [5.74, 6) is 0.597. The molecule has 1 aromatic heterocycles. The molecule has 80 valence electrons. The van der Waals surface area contributed by atoms with Crippen LogP contribution in [0.2, 0.25) is 0 Å². The maximum absolute atomic E-state index is 6.11.